The quantitative estimate of drug-likeness (QED) is 0.598. The number of hydrogen-bond donors (Lipinski definition) is 3. The van der Waals surface area contributed by atoms with Crippen molar-refractivity contribution < 1.29 is 29.5 Å². The van der Waals surface area contributed by atoms with Gasteiger partial charge < -0.3 is 29.5 Å². The standard InChI is InChI=1S/C8H11Cl3O6/c9-8(10,11)7-16-5-3(14)4(2(13)1-12)15-6(5)17-7/h2-7,12-14H,1H2/t2-,3+,4+,5+,6+,7-/m0/s1. The first-order valence-corrected chi connectivity index (χ1v) is 5.98. The van der Waals surface area contributed by atoms with E-state index in [2.05, 4.69) is 0 Å². The van der Waals surface area contributed by atoms with Gasteiger partial charge in [0.25, 0.3) is 0 Å². The highest BCUT2D eigenvalue weighted by Gasteiger charge is 2.57. The smallest absolute Gasteiger partial charge is 0.241 e. The molecule has 2 saturated heterocycles. The van der Waals surface area contributed by atoms with Crippen LogP contribution in [-0.4, -0.2) is 62.7 Å². The van der Waals surface area contributed by atoms with E-state index < -0.39 is 47.4 Å². The van der Waals surface area contributed by atoms with Crippen molar-refractivity contribution in [1.29, 1.82) is 0 Å². The van der Waals surface area contributed by atoms with Crippen molar-refractivity contribution in [2.45, 2.75) is 40.8 Å². The first-order valence-electron chi connectivity index (χ1n) is 4.84. The number of hydrogen-bond acceptors (Lipinski definition) is 6. The van der Waals surface area contributed by atoms with Crippen LogP contribution >= 0.6 is 34.8 Å². The van der Waals surface area contributed by atoms with E-state index in [9.17, 15) is 10.2 Å². The number of alkyl halides is 3. The van der Waals surface area contributed by atoms with Crippen LogP contribution < -0.4 is 0 Å². The third-order valence-electron chi connectivity index (χ3n) is 2.60. The summed E-state index contributed by atoms with van der Waals surface area (Å²) in [7, 11) is 0. The summed E-state index contributed by atoms with van der Waals surface area (Å²) in [4.78, 5) is 0. The Morgan fingerprint density at radius 1 is 1.18 bits per heavy atom. The molecule has 0 unspecified atom stereocenters. The molecule has 0 aromatic carbocycles. The van der Waals surface area contributed by atoms with Gasteiger partial charge in [0, 0.05) is 0 Å². The highest BCUT2D eigenvalue weighted by Crippen LogP contribution is 2.42. The normalized spacial score (nSPS) is 43.8. The molecule has 0 bridgehead atoms. The lowest BCUT2D eigenvalue weighted by Gasteiger charge is -2.24. The van der Waals surface area contributed by atoms with Gasteiger partial charge in [-0.2, -0.15) is 0 Å². The highest BCUT2D eigenvalue weighted by molar-refractivity contribution is 6.67. The van der Waals surface area contributed by atoms with E-state index in [4.69, 9.17) is 54.1 Å². The topological polar surface area (TPSA) is 88.4 Å². The Balaban J connectivity index is 2.01. The molecule has 9 heteroatoms. The average molecular weight is 310 g/mol. The molecule has 100 valence electrons. The number of aliphatic hydroxyl groups is 3. The molecule has 0 radical (unpaired) electrons. The molecule has 3 N–H and O–H groups in total. The summed E-state index contributed by atoms with van der Waals surface area (Å²) in [5.41, 5.74) is 0. The fraction of sp³-hybridized carbons (Fsp3) is 1.00. The molecule has 2 heterocycles. The van der Waals surface area contributed by atoms with E-state index in [1.54, 1.807) is 0 Å². The number of fused-ring (bicyclic) bond motifs is 1. The molecule has 2 rings (SSSR count). The third kappa shape index (κ3) is 2.65. The molecule has 2 aliphatic rings. The fourth-order valence-corrected chi connectivity index (χ4v) is 2.10. The zero-order valence-corrected chi connectivity index (χ0v) is 10.6. The van der Waals surface area contributed by atoms with Crippen LogP contribution in [0.4, 0.5) is 0 Å². The first kappa shape index (κ1) is 14.0. The molecule has 0 amide bonds. The van der Waals surface area contributed by atoms with Gasteiger partial charge in [0.15, 0.2) is 6.29 Å². The van der Waals surface area contributed by atoms with E-state index in [1.807, 2.05) is 0 Å². The molecule has 0 spiro atoms. The minimum absolute atomic E-state index is 0.547. The predicted octanol–water partition coefficient (Wildman–Crippen LogP) is -0.463. The van der Waals surface area contributed by atoms with E-state index in [1.165, 1.54) is 0 Å². The van der Waals surface area contributed by atoms with Crippen molar-refractivity contribution in [3.8, 4) is 0 Å². The van der Waals surface area contributed by atoms with Crippen molar-refractivity contribution in [2.24, 2.45) is 0 Å². The average Bonchev–Trinajstić information content (AvgIpc) is 2.77. The van der Waals surface area contributed by atoms with Gasteiger partial charge in [0.2, 0.25) is 10.1 Å². The van der Waals surface area contributed by atoms with Crippen LogP contribution in [0.2, 0.25) is 0 Å². The SMILES string of the molecule is OC[C@H](O)[C@H]1O[C@@H]2O[C@@H](C(Cl)(Cl)Cl)O[C@@H]2[C@@H]1O. The van der Waals surface area contributed by atoms with Gasteiger partial charge in [0.1, 0.15) is 24.4 Å². The van der Waals surface area contributed by atoms with Gasteiger partial charge in [-0.15, -0.1) is 0 Å². The number of ether oxygens (including phenoxy) is 3. The molecule has 6 atom stereocenters. The van der Waals surface area contributed by atoms with Crippen molar-refractivity contribution in [3.05, 3.63) is 0 Å². The Kier molecular flexibility index (Phi) is 4.10. The molecule has 17 heavy (non-hydrogen) atoms. The second-order valence-corrected chi connectivity index (χ2v) is 6.19. The molecular formula is C8H11Cl3O6. The lowest BCUT2D eigenvalue weighted by molar-refractivity contribution is -0.188. The van der Waals surface area contributed by atoms with Gasteiger partial charge >= 0.3 is 0 Å². The molecule has 6 nitrogen and oxygen atoms in total. The summed E-state index contributed by atoms with van der Waals surface area (Å²) in [5, 5.41) is 28.0. The van der Waals surface area contributed by atoms with Crippen LogP contribution in [0.1, 0.15) is 0 Å². The van der Waals surface area contributed by atoms with Crippen molar-refractivity contribution in [3.63, 3.8) is 0 Å². The largest absolute Gasteiger partial charge is 0.394 e. The zero-order chi connectivity index (χ0) is 12.8. The monoisotopic (exact) mass is 308 g/mol. The van der Waals surface area contributed by atoms with E-state index in [0.29, 0.717) is 0 Å². The summed E-state index contributed by atoms with van der Waals surface area (Å²) in [6.07, 6.45) is -6.33. The van der Waals surface area contributed by atoms with Gasteiger partial charge in [-0.1, -0.05) is 34.8 Å². The Morgan fingerprint density at radius 3 is 2.29 bits per heavy atom. The van der Waals surface area contributed by atoms with Crippen LogP contribution in [0.25, 0.3) is 0 Å². The van der Waals surface area contributed by atoms with Gasteiger partial charge in [-0.3, -0.25) is 0 Å². The lowest BCUT2D eigenvalue weighted by Crippen LogP contribution is -2.42. The summed E-state index contributed by atoms with van der Waals surface area (Å²) >= 11 is 16.7. The molecular weight excluding hydrogens is 298 g/mol. The Bertz CT molecular complexity index is 285. The maximum atomic E-state index is 9.81. The Morgan fingerprint density at radius 2 is 1.82 bits per heavy atom. The summed E-state index contributed by atoms with van der Waals surface area (Å²) in [6.45, 7) is -0.547. The fourth-order valence-electron chi connectivity index (χ4n) is 1.79. The van der Waals surface area contributed by atoms with Crippen LogP contribution in [0.5, 0.6) is 0 Å². The number of aliphatic hydroxyl groups excluding tert-OH is 3. The van der Waals surface area contributed by atoms with Crippen LogP contribution in [0.3, 0.4) is 0 Å². The second-order valence-electron chi connectivity index (χ2n) is 3.82. The Hall–Kier alpha value is 0.630. The van der Waals surface area contributed by atoms with Gasteiger partial charge in [0.05, 0.1) is 6.61 Å². The molecule has 0 aromatic rings. The van der Waals surface area contributed by atoms with Gasteiger partial charge in [-0.05, 0) is 0 Å². The number of halogens is 3. The van der Waals surface area contributed by atoms with E-state index >= 15 is 0 Å². The molecule has 2 fully saturated rings. The Labute approximate surface area is 112 Å². The van der Waals surface area contributed by atoms with E-state index in [-0.39, 0.29) is 0 Å². The van der Waals surface area contributed by atoms with Crippen LogP contribution in [0.15, 0.2) is 0 Å². The van der Waals surface area contributed by atoms with Crippen molar-refractivity contribution in [1.82, 2.24) is 0 Å². The summed E-state index contributed by atoms with van der Waals surface area (Å²) in [5.74, 6) is 0. The predicted molar refractivity (Wildman–Crippen MR) is 57.8 cm³/mol. The number of rotatable bonds is 2. The van der Waals surface area contributed by atoms with Crippen LogP contribution in [-0.2, 0) is 14.2 Å². The lowest BCUT2D eigenvalue weighted by atomic mass is 10.1. The third-order valence-corrected chi connectivity index (χ3v) is 3.14. The minimum Gasteiger partial charge on any atom is -0.394 e. The minimum atomic E-state index is -1.79. The molecule has 0 saturated carbocycles. The highest BCUT2D eigenvalue weighted by atomic mass is 35.6. The molecule has 2 aliphatic heterocycles. The van der Waals surface area contributed by atoms with Gasteiger partial charge in [-0.25, -0.2) is 0 Å². The van der Waals surface area contributed by atoms with Crippen molar-refractivity contribution >= 4 is 34.8 Å². The second kappa shape index (κ2) is 4.96. The van der Waals surface area contributed by atoms with Crippen molar-refractivity contribution in [2.75, 3.05) is 6.61 Å². The molecule has 0 aromatic heterocycles. The molecule has 0 aliphatic carbocycles. The summed E-state index contributed by atoms with van der Waals surface area (Å²) < 4.78 is 13.8. The maximum Gasteiger partial charge on any atom is 0.241 e. The maximum absolute atomic E-state index is 9.81. The van der Waals surface area contributed by atoms with E-state index in [0.717, 1.165) is 0 Å². The summed E-state index contributed by atoms with van der Waals surface area (Å²) in [6, 6.07) is 0. The zero-order valence-electron chi connectivity index (χ0n) is 8.37. The first-order chi connectivity index (χ1) is 7.84. The van der Waals surface area contributed by atoms with Crippen LogP contribution in [0, 0.1) is 0 Å².